The molecule has 0 aliphatic carbocycles. The third-order valence-electron chi connectivity index (χ3n) is 1.93. The number of carboxylic acids is 1. The SMILES string of the molecule is O=C(O)COCCNC(=O)c1cc(Cl)ccc1F. The van der Waals surface area contributed by atoms with Gasteiger partial charge in [0.25, 0.3) is 5.91 Å². The lowest BCUT2D eigenvalue weighted by molar-refractivity contribution is -0.142. The van der Waals surface area contributed by atoms with E-state index in [-0.39, 0.29) is 23.7 Å². The predicted octanol–water partition coefficient (Wildman–Crippen LogP) is 1.31. The van der Waals surface area contributed by atoms with E-state index in [0.717, 1.165) is 6.07 Å². The molecule has 0 bridgehead atoms. The lowest BCUT2D eigenvalue weighted by Gasteiger charge is -2.06. The fourth-order valence-corrected chi connectivity index (χ4v) is 1.34. The first-order chi connectivity index (χ1) is 8.50. The molecule has 0 aliphatic heterocycles. The predicted molar refractivity (Wildman–Crippen MR) is 62.2 cm³/mol. The van der Waals surface area contributed by atoms with Gasteiger partial charge in [-0.15, -0.1) is 0 Å². The second-order valence-electron chi connectivity index (χ2n) is 3.33. The number of carboxylic acid groups (broad SMARTS) is 1. The van der Waals surface area contributed by atoms with Crippen molar-refractivity contribution < 1.29 is 23.8 Å². The summed E-state index contributed by atoms with van der Waals surface area (Å²) in [6.45, 7) is -0.334. The van der Waals surface area contributed by atoms with E-state index in [2.05, 4.69) is 5.32 Å². The number of rotatable bonds is 6. The van der Waals surface area contributed by atoms with Crippen molar-refractivity contribution >= 4 is 23.5 Å². The first kappa shape index (κ1) is 14.4. The zero-order valence-electron chi connectivity index (χ0n) is 9.28. The van der Waals surface area contributed by atoms with Crippen LogP contribution in [-0.4, -0.2) is 36.7 Å². The van der Waals surface area contributed by atoms with Gasteiger partial charge in [-0.2, -0.15) is 0 Å². The highest BCUT2D eigenvalue weighted by atomic mass is 35.5. The van der Waals surface area contributed by atoms with Crippen LogP contribution < -0.4 is 5.32 Å². The van der Waals surface area contributed by atoms with Gasteiger partial charge in [-0.3, -0.25) is 4.79 Å². The Hall–Kier alpha value is -1.66. The van der Waals surface area contributed by atoms with E-state index in [4.69, 9.17) is 21.4 Å². The zero-order valence-corrected chi connectivity index (χ0v) is 10.0. The Morgan fingerprint density at radius 1 is 1.44 bits per heavy atom. The summed E-state index contributed by atoms with van der Waals surface area (Å²) in [5.41, 5.74) is -0.166. The Morgan fingerprint density at radius 3 is 2.83 bits per heavy atom. The number of carbonyl (C=O) groups is 2. The Balaban J connectivity index is 2.41. The summed E-state index contributed by atoms with van der Waals surface area (Å²) in [4.78, 5) is 21.7. The van der Waals surface area contributed by atoms with Crippen molar-refractivity contribution in [3.05, 3.63) is 34.6 Å². The smallest absolute Gasteiger partial charge is 0.329 e. The van der Waals surface area contributed by atoms with Crippen LogP contribution in [0, 0.1) is 5.82 Å². The van der Waals surface area contributed by atoms with Crippen LogP contribution in [0.4, 0.5) is 4.39 Å². The minimum atomic E-state index is -1.10. The summed E-state index contributed by atoms with van der Waals surface area (Å²) >= 11 is 5.64. The Morgan fingerprint density at radius 2 is 2.17 bits per heavy atom. The van der Waals surface area contributed by atoms with Crippen molar-refractivity contribution in [2.24, 2.45) is 0 Å². The quantitative estimate of drug-likeness (QED) is 0.768. The molecule has 1 rings (SSSR count). The highest BCUT2D eigenvalue weighted by Gasteiger charge is 2.11. The van der Waals surface area contributed by atoms with E-state index in [1.165, 1.54) is 12.1 Å². The molecule has 0 saturated heterocycles. The number of amides is 1. The molecule has 0 radical (unpaired) electrons. The number of ether oxygens (including phenoxy) is 1. The highest BCUT2D eigenvalue weighted by molar-refractivity contribution is 6.30. The monoisotopic (exact) mass is 275 g/mol. The standard InChI is InChI=1S/C11H11ClFNO4/c12-7-1-2-9(13)8(5-7)11(17)14-3-4-18-6-10(15)16/h1-2,5H,3-4,6H2,(H,14,17)(H,15,16). The third-order valence-corrected chi connectivity index (χ3v) is 2.17. The van der Waals surface area contributed by atoms with Crippen LogP contribution in [0.1, 0.15) is 10.4 Å². The van der Waals surface area contributed by atoms with Gasteiger partial charge < -0.3 is 15.2 Å². The van der Waals surface area contributed by atoms with Crippen molar-refractivity contribution in [1.29, 1.82) is 0 Å². The molecule has 1 aromatic rings. The molecular weight excluding hydrogens is 265 g/mol. The molecule has 0 unspecified atom stereocenters. The van der Waals surface area contributed by atoms with E-state index in [0.29, 0.717) is 0 Å². The Kier molecular flexibility index (Phi) is 5.54. The zero-order chi connectivity index (χ0) is 13.5. The summed E-state index contributed by atoms with van der Waals surface area (Å²) in [6.07, 6.45) is 0. The summed E-state index contributed by atoms with van der Waals surface area (Å²) in [7, 11) is 0. The molecule has 0 atom stereocenters. The summed E-state index contributed by atoms with van der Waals surface area (Å²) in [6, 6.07) is 3.64. The van der Waals surface area contributed by atoms with Crippen LogP contribution in [-0.2, 0) is 9.53 Å². The minimum absolute atomic E-state index is 0.0280. The van der Waals surface area contributed by atoms with Gasteiger partial charge in [0.1, 0.15) is 12.4 Å². The molecule has 0 heterocycles. The first-order valence-electron chi connectivity index (χ1n) is 5.03. The van der Waals surface area contributed by atoms with E-state index < -0.39 is 24.3 Å². The van der Waals surface area contributed by atoms with E-state index in [1.807, 2.05) is 0 Å². The Bertz CT molecular complexity index is 453. The normalized spacial score (nSPS) is 10.1. The topological polar surface area (TPSA) is 75.6 Å². The van der Waals surface area contributed by atoms with E-state index in [1.54, 1.807) is 0 Å². The van der Waals surface area contributed by atoms with Gasteiger partial charge >= 0.3 is 5.97 Å². The molecule has 1 amide bonds. The average Bonchev–Trinajstić information content (AvgIpc) is 2.31. The van der Waals surface area contributed by atoms with Crippen molar-refractivity contribution in [3.63, 3.8) is 0 Å². The number of aliphatic carboxylic acids is 1. The highest BCUT2D eigenvalue weighted by Crippen LogP contribution is 2.14. The average molecular weight is 276 g/mol. The maximum Gasteiger partial charge on any atom is 0.329 e. The number of halogens is 2. The van der Waals surface area contributed by atoms with Gasteiger partial charge in [0.2, 0.25) is 0 Å². The van der Waals surface area contributed by atoms with Crippen molar-refractivity contribution in [1.82, 2.24) is 5.32 Å². The lowest BCUT2D eigenvalue weighted by atomic mass is 10.2. The molecule has 7 heteroatoms. The lowest BCUT2D eigenvalue weighted by Crippen LogP contribution is -2.28. The number of hydrogen-bond donors (Lipinski definition) is 2. The maximum atomic E-state index is 13.3. The third kappa shape index (κ3) is 4.68. The van der Waals surface area contributed by atoms with Gasteiger partial charge in [-0.05, 0) is 18.2 Å². The molecule has 0 spiro atoms. The van der Waals surface area contributed by atoms with Gasteiger partial charge in [-0.25, -0.2) is 9.18 Å². The van der Waals surface area contributed by atoms with Crippen molar-refractivity contribution in [3.8, 4) is 0 Å². The largest absolute Gasteiger partial charge is 0.480 e. The summed E-state index contributed by atoms with van der Waals surface area (Å²) in [5, 5.41) is 10.9. The van der Waals surface area contributed by atoms with Crippen LogP contribution >= 0.6 is 11.6 Å². The molecule has 0 saturated carbocycles. The molecule has 0 fully saturated rings. The molecule has 1 aromatic carbocycles. The second kappa shape index (κ2) is 6.93. The number of benzene rings is 1. The maximum absolute atomic E-state index is 13.3. The summed E-state index contributed by atoms with van der Waals surface area (Å²) in [5.74, 6) is -2.40. The molecule has 98 valence electrons. The van der Waals surface area contributed by atoms with E-state index >= 15 is 0 Å². The fraction of sp³-hybridized carbons (Fsp3) is 0.273. The molecule has 0 aliphatic rings. The minimum Gasteiger partial charge on any atom is -0.480 e. The molecule has 18 heavy (non-hydrogen) atoms. The molecular formula is C11H11ClFNO4. The van der Waals surface area contributed by atoms with Gasteiger partial charge in [-0.1, -0.05) is 11.6 Å². The van der Waals surface area contributed by atoms with Crippen molar-refractivity contribution in [2.45, 2.75) is 0 Å². The van der Waals surface area contributed by atoms with Gasteiger partial charge in [0.15, 0.2) is 0 Å². The molecule has 0 aromatic heterocycles. The van der Waals surface area contributed by atoms with Crippen LogP contribution in [0.25, 0.3) is 0 Å². The van der Waals surface area contributed by atoms with Crippen LogP contribution in [0.3, 0.4) is 0 Å². The summed E-state index contributed by atoms with van der Waals surface area (Å²) < 4.78 is 18.0. The first-order valence-corrected chi connectivity index (χ1v) is 5.41. The van der Waals surface area contributed by atoms with Crippen molar-refractivity contribution in [2.75, 3.05) is 19.8 Å². The van der Waals surface area contributed by atoms with E-state index in [9.17, 15) is 14.0 Å². The van der Waals surface area contributed by atoms with Gasteiger partial charge in [0, 0.05) is 11.6 Å². The molecule has 5 nitrogen and oxygen atoms in total. The van der Waals surface area contributed by atoms with Crippen LogP contribution in [0.5, 0.6) is 0 Å². The number of hydrogen-bond acceptors (Lipinski definition) is 3. The second-order valence-corrected chi connectivity index (χ2v) is 3.76. The van der Waals surface area contributed by atoms with Crippen LogP contribution in [0.15, 0.2) is 18.2 Å². The fourth-order valence-electron chi connectivity index (χ4n) is 1.16. The molecule has 2 N–H and O–H groups in total. The number of nitrogens with one attached hydrogen (secondary N) is 1. The van der Waals surface area contributed by atoms with Crippen LogP contribution in [0.2, 0.25) is 5.02 Å². The number of carbonyl (C=O) groups excluding carboxylic acids is 1. The Labute approximate surface area is 108 Å². The van der Waals surface area contributed by atoms with Gasteiger partial charge in [0.05, 0.1) is 12.2 Å².